The third-order valence-corrected chi connectivity index (χ3v) is 12.4. The highest BCUT2D eigenvalue weighted by molar-refractivity contribution is 7.58. The summed E-state index contributed by atoms with van der Waals surface area (Å²) in [5.41, 5.74) is 0.00401. The van der Waals surface area contributed by atoms with Crippen LogP contribution in [0.25, 0.3) is 0 Å². The average molecular weight is 924 g/mol. The van der Waals surface area contributed by atoms with Crippen LogP contribution in [0.4, 0.5) is 0 Å². The molecule has 0 saturated heterocycles. The van der Waals surface area contributed by atoms with Crippen LogP contribution in [0.15, 0.2) is 0 Å². The van der Waals surface area contributed by atoms with Crippen LogP contribution >= 0.6 is 22.3 Å². The third-order valence-electron chi connectivity index (χ3n) is 6.19. The van der Waals surface area contributed by atoms with E-state index < -0.39 is 47.9 Å². The Morgan fingerprint density at radius 1 is 0.567 bits per heavy atom. The van der Waals surface area contributed by atoms with E-state index in [0.29, 0.717) is 31.8 Å². The molecule has 362 valence electrons. The van der Waals surface area contributed by atoms with Gasteiger partial charge in [0.1, 0.15) is 5.78 Å². The molecule has 2 N–H and O–H groups in total. The van der Waals surface area contributed by atoms with E-state index in [1.54, 1.807) is 48.3 Å². The molecule has 0 spiro atoms. The van der Waals surface area contributed by atoms with Crippen LogP contribution in [-0.2, 0) is 55.9 Å². The van der Waals surface area contributed by atoms with Gasteiger partial charge < -0.3 is 29.0 Å². The number of rotatable bonds is 15. The van der Waals surface area contributed by atoms with Crippen molar-refractivity contribution >= 4 is 46.0 Å². The largest absolute Gasteiger partial charge is 0.438 e. The lowest BCUT2D eigenvalue weighted by Gasteiger charge is -2.25. The maximum Gasteiger partial charge on any atom is 0.337 e. The van der Waals surface area contributed by atoms with Crippen molar-refractivity contribution in [2.24, 2.45) is 38.9 Å². The van der Waals surface area contributed by atoms with Crippen LogP contribution in [0, 0.1) is 38.9 Å². The molecule has 0 saturated carbocycles. The summed E-state index contributed by atoms with van der Waals surface area (Å²) in [7, 11) is -7.01. The fourth-order valence-corrected chi connectivity index (χ4v) is 10.7. The van der Waals surface area contributed by atoms with Crippen molar-refractivity contribution in [2.45, 2.75) is 158 Å². The smallest absolute Gasteiger partial charge is 0.337 e. The number of amides is 1. The van der Waals surface area contributed by atoms with E-state index in [2.05, 4.69) is 46.9 Å². The standard InChI is InChI=1S/C15H29O7P.C8H19O2P.C7H15NO.C7H14O.C6H15O2P/c1-11(2)13(16)19-9-21-23(18,8-15(5,6)7)22-10-20-14(17)12(3)4;1-6-10-11(5,9)7-8(2,3)4;1-7(2,3)5-6(9)8-4;1-6(8)5-7(2,3)4;1-6(2,3)5-9(4,7)8/h11-12H,8-10H2,1-7H3;6-7H2,1-5H3;5H2,1-4H3,(H,8,9);5H2,1-4H3;5H2,1-4H3,(H,7,8). The number of ketones is 1. The van der Waals surface area contributed by atoms with Gasteiger partial charge in [0.15, 0.2) is 7.37 Å². The molecule has 0 heterocycles. The zero-order chi connectivity index (χ0) is 49.4. The van der Waals surface area contributed by atoms with Crippen LogP contribution in [-0.4, -0.2) is 87.6 Å². The predicted octanol–water partition coefficient (Wildman–Crippen LogP) is 11.7. The Morgan fingerprint density at radius 2 is 0.900 bits per heavy atom. The Kier molecular flexibility index (Phi) is 33.7. The summed E-state index contributed by atoms with van der Waals surface area (Å²) in [6.07, 6.45) is 2.45. The van der Waals surface area contributed by atoms with Crippen molar-refractivity contribution in [1.29, 1.82) is 0 Å². The third kappa shape index (κ3) is 58.7. The minimum Gasteiger partial charge on any atom is -0.438 e. The first-order valence-electron chi connectivity index (χ1n) is 20.6. The van der Waals surface area contributed by atoms with Gasteiger partial charge in [-0.05, 0) is 40.9 Å². The van der Waals surface area contributed by atoms with Gasteiger partial charge in [-0.15, -0.1) is 0 Å². The van der Waals surface area contributed by atoms with Gasteiger partial charge in [0, 0.05) is 45.5 Å². The molecule has 0 aliphatic carbocycles. The highest BCUT2D eigenvalue weighted by Gasteiger charge is 2.33. The molecule has 2 atom stereocenters. The lowest BCUT2D eigenvalue weighted by atomic mass is 9.91. The summed E-state index contributed by atoms with van der Waals surface area (Å²) >= 11 is 0. The molecular formula is C43H92NO13P3. The minimum atomic E-state index is -3.57. The Morgan fingerprint density at radius 3 is 1.07 bits per heavy atom. The van der Waals surface area contributed by atoms with Gasteiger partial charge in [0.2, 0.25) is 26.9 Å². The second kappa shape index (κ2) is 29.9. The molecule has 0 fully saturated rings. The number of nitrogens with one attached hydrogen (secondary N) is 1. The molecule has 0 aromatic rings. The van der Waals surface area contributed by atoms with Gasteiger partial charge in [-0.3, -0.25) is 37.1 Å². The molecule has 0 bridgehead atoms. The van der Waals surface area contributed by atoms with Crippen LogP contribution < -0.4 is 5.32 Å². The summed E-state index contributed by atoms with van der Waals surface area (Å²) in [4.78, 5) is 52.9. The molecule has 60 heavy (non-hydrogen) atoms. The van der Waals surface area contributed by atoms with Crippen LogP contribution in [0.1, 0.15) is 158 Å². The molecule has 0 aromatic carbocycles. The molecule has 0 aliphatic heterocycles. The highest BCUT2D eigenvalue weighted by Crippen LogP contribution is 2.52. The van der Waals surface area contributed by atoms with Crippen molar-refractivity contribution < 1.29 is 60.8 Å². The highest BCUT2D eigenvalue weighted by atomic mass is 31.2. The van der Waals surface area contributed by atoms with E-state index in [-0.39, 0.29) is 56.8 Å². The Labute approximate surface area is 367 Å². The SMILES string of the molecule is CC(=O)CC(C)(C)C.CC(C)(C)CP(C)(=O)O.CC(C)C(=O)OCOP(=O)(CC(C)(C)C)OCOC(=O)C(C)C.CCOP(C)(=O)CC(C)(C)C.CNC(=O)CC(C)(C)C. The van der Waals surface area contributed by atoms with Gasteiger partial charge in [-0.1, -0.05) is 132 Å². The quantitative estimate of drug-likeness (QED) is 0.0894. The van der Waals surface area contributed by atoms with Crippen molar-refractivity contribution in [3.63, 3.8) is 0 Å². The second-order valence-corrected chi connectivity index (χ2v) is 28.9. The van der Waals surface area contributed by atoms with Crippen molar-refractivity contribution in [3.05, 3.63) is 0 Å². The lowest BCUT2D eigenvalue weighted by Crippen LogP contribution is -2.23. The predicted molar refractivity (Wildman–Crippen MR) is 248 cm³/mol. The summed E-state index contributed by atoms with van der Waals surface area (Å²) in [5.74, 6) is -1.15. The summed E-state index contributed by atoms with van der Waals surface area (Å²) in [5, 5.41) is 2.58. The molecule has 0 aliphatic rings. The topological polar surface area (TPSA) is 198 Å². The van der Waals surface area contributed by atoms with Crippen LogP contribution in [0.2, 0.25) is 0 Å². The molecule has 14 nitrogen and oxygen atoms in total. The van der Waals surface area contributed by atoms with Gasteiger partial charge in [-0.2, -0.15) is 0 Å². The Hall–Kier alpha value is -1.39. The van der Waals surface area contributed by atoms with E-state index in [4.69, 9.17) is 27.9 Å². The second-order valence-electron chi connectivity index (χ2n) is 21.8. The first-order valence-corrected chi connectivity index (χ1v) is 26.9. The zero-order valence-electron chi connectivity index (χ0n) is 42.5. The van der Waals surface area contributed by atoms with Crippen molar-refractivity contribution in [3.8, 4) is 0 Å². The van der Waals surface area contributed by atoms with E-state index in [0.717, 1.165) is 0 Å². The maximum atomic E-state index is 12.7. The summed E-state index contributed by atoms with van der Waals surface area (Å²) < 4.78 is 60.3. The Balaban J connectivity index is -0.000000229. The zero-order valence-corrected chi connectivity index (χ0v) is 45.2. The van der Waals surface area contributed by atoms with Crippen LogP contribution in [0.5, 0.6) is 0 Å². The first-order chi connectivity index (χ1) is 26.2. The van der Waals surface area contributed by atoms with Crippen molar-refractivity contribution in [1.82, 2.24) is 5.32 Å². The van der Waals surface area contributed by atoms with E-state index in [1.807, 2.05) is 69.2 Å². The molecule has 2 unspecified atom stereocenters. The number of esters is 2. The van der Waals surface area contributed by atoms with E-state index in [9.17, 15) is 32.9 Å². The summed E-state index contributed by atoms with van der Waals surface area (Å²) in [6.45, 7) is 43.0. The molecule has 17 heteroatoms. The van der Waals surface area contributed by atoms with E-state index in [1.165, 1.54) is 6.66 Å². The molecular weight excluding hydrogens is 831 g/mol. The molecule has 0 aromatic heterocycles. The minimum absolute atomic E-state index is 0.0287. The summed E-state index contributed by atoms with van der Waals surface area (Å²) in [6, 6.07) is 0. The van der Waals surface area contributed by atoms with Gasteiger partial charge in [0.25, 0.3) is 0 Å². The van der Waals surface area contributed by atoms with Gasteiger partial charge in [0.05, 0.1) is 24.6 Å². The number of ether oxygens (including phenoxy) is 2. The number of Topliss-reactive ketones (excluding diaryl/α,β-unsaturated/α-hetero) is 1. The monoisotopic (exact) mass is 924 g/mol. The fraction of sp³-hybridized carbons (Fsp3) is 0.907. The number of carbonyl (C=O) groups is 4. The lowest BCUT2D eigenvalue weighted by molar-refractivity contribution is -0.156. The van der Waals surface area contributed by atoms with Crippen LogP contribution in [0.3, 0.4) is 0 Å². The Bertz CT molecular complexity index is 1340. The fourth-order valence-electron chi connectivity index (χ4n) is 4.75. The van der Waals surface area contributed by atoms with Gasteiger partial charge in [-0.25, -0.2) is 0 Å². The normalized spacial score (nSPS) is 14.2. The first kappa shape index (κ1) is 67.7. The number of hydrogen-bond donors (Lipinski definition) is 2. The van der Waals surface area contributed by atoms with Crippen molar-refractivity contribution in [2.75, 3.05) is 59.1 Å². The molecule has 1 amide bonds. The number of hydrogen-bond acceptors (Lipinski definition) is 12. The average Bonchev–Trinajstić information content (AvgIpc) is 2.91. The van der Waals surface area contributed by atoms with E-state index >= 15 is 0 Å². The molecule has 0 rings (SSSR count). The maximum absolute atomic E-state index is 12.7. The van der Waals surface area contributed by atoms with Gasteiger partial charge >= 0.3 is 19.5 Å². The number of carbonyl (C=O) groups excluding carboxylic acids is 4. The molecule has 0 radical (unpaired) electrons.